The maximum Gasteiger partial charge on any atom is 0.242 e. The molecule has 0 saturated carbocycles. The van der Waals surface area contributed by atoms with Crippen molar-refractivity contribution in [1.29, 1.82) is 0 Å². The van der Waals surface area contributed by atoms with Gasteiger partial charge in [0.1, 0.15) is 6.04 Å². The van der Waals surface area contributed by atoms with E-state index in [0.717, 1.165) is 16.9 Å². The molecule has 1 heterocycles. The first-order chi connectivity index (χ1) is 14.5. The third-order valence-electron chi connectivity index (χ3n) is 4.82. The number of para-hydroxylation sites is 1. The molecule has 0 bridgehead atoms. The standard InChI is InChI=1S/C24H28N4O2/c1-18(2)23(26-22(29)17-19-9-5-3-6-10-19)24(30)25-15-13-20-14-16-28(27-20)21-11-7-4-8-12-21/h3-12,14,16,18,23H,13,15,17H2,1-2H3,(H,25,30)(H,26,29). The Morgan fingerprint density at radius 3 is 2.30 bits per heavy atom. The summed E-state index contributed by atoms with van der Waals surface area (Å²) in [6, 6.07) is 20.8. The van der Waals surface area contributed by atoms with E-state index >= 15 is 0 Å². The molecule has 1 aromatic heterocycles. The highest BCUT2D eigenvalue weighted by Gasteiger charge is 2.23. The summed E-state index contributed by atoms with van der Waals surface area (Å²) in [7, 11) is 0. The van der Waals surface area contributed by atoms with E-state index in [-0.39, 0.29) is 24.2 Å². The van der Waals surface area contributed by atoms with E-state index in [1.165, 1.54) is 0 Å². The minimum atomic E-state index is -0.567. The molecule has 0 radical (unpaired) electrons. The predicted octanol–water partition coefficient (Wildman–Crippen LogP) is 2.91. The van der Waals surface area contributed by atoms with Crippen molar-refractivity contribution in [2.24, 2.45) is 5.92 Å². The summed E-state index contributed by atoms with van der Waals surface area (Å²) in [6.45, 7) is 4.31. The fourth-order valence-corrected chi connectivity index (χ4v) is 3.18. The van der Waals surface area contributed by atoms with Crippen LogP contribution in [-0.2, 0) is 22.4 Å². The van der Waals surface area contributed by atoms with E-state index in [4.69, 9.17) is 0 Å². The smallest absolute Gasteiger partial charge is 0.242 e. The van der Waals surface area contributed by atoms with Gasteiger partial charge in [-0.1, -0.05) is 62.4 Å². The second-order valence-electron chi connectivity index (χ2n) is 7.58. The number of benzene rings is 2. The van der Waals surface area contributed by atoms with E-state index in [2.05, 4.69) is 15.7 Å². The van der Waals surface area contributed by atoms with Crippen LogP contribution in [0.5, 0.6) is 0 Å². The number of amides is 2. The van der Waals surface area contributed by atoms with Crippen molar-refractivity contribution in [3.63, 3.8) is 0 Å². The van der Waals surface area contributed by atoms with Gasteiger partial charge in [0.05, 0.1) is 17.8 Å². The van der Waals surface area contributed by atoms with E-state index in [9.17, 15) is 9.59 Å². The van der Waals surface area contributed by atoms with Gasteiger partial charge in [-0.25, -0.2) is 4.68 Å². The Balaban J connectivity index is 1.49. The number of aromatic nitrogens is 2. The van der Waals surface area contributed by atoms with Gasteiger partial charge in [-0.3, -0.25) is 9.59 Å². The SMILES string of the molecule is CC(C)C(NC(=O)Cc1ccccc1)C(=O)NCCc1ccn(-c2ccccc2)n1. The fourth-order valence-electron chi connectivity index (χ4n) is 3.18. The predicted molar refractivity (Wildman–Crippen MR) is 117 cm³/mol. The lowest BCUT2D eigenvalue weighted by Gasteiger charge is -2.21. The third-order valence-corrected chi connectivity index (χ3v) is 4.82. The average molecular weight is 405 g/mol. The zero-order valence-corrected chi connectivity index (χ0v) is 17.4. The van der Waals surface area contributed by atoms with Gasteiger partial charge < -0.3 is 10.6 Å². The van der Waals surface area contributed by atoms with Crippen LogP contribution in [0.4, 0.5) is 0 Å². The Morgan fingerprint density at radius 2 is 1.63 bits per heavy atom. The Labute approximate surface area is 177 Å². The molecule has 0 aliphatic heterocycles. The third kappa shape index (κ3) is 6.04. The molecule has 3 aromatic rings. The van der Waals surface area contributed by atoms with Crippen LogP contribution in [0, 0.1) is 5.92 Å². The normalized spacial score (nSPS) is 11.8. The second-order valence-corrected chi connectivity index (χ2v) is 7.58. The lowest BCUT2D eigenvalue weighted by molar-refractivity contribution is -0.129. The summed E-state index contributed by atoms with van der Waals surface area (Å²) in [5, 5.41) is 10.3. The molecular formula is C24H28N4O2. The quantitative estimate of drug-likeness (QED) is 0.576. The van der Waals surface area contributed by atoms with Crippen LogP contribution in [0.15, 0.2) is 72.9 Å². The topological polar surface area (TPSA) is 76.0 Å². The van der Waals surface area contributed by atoms with Gasteiger partial charge in [0, 0.05) is 19.2 Å². The molecule has 3 rings (SSSR count). The highest BCUT2D eigenvalue weighted by molar-refractivity contribution is 5.88. The molecule has 30 heavy (non-hydrogen) atoms. The molecule has 0 aliphatic rings. The average Bonchev–Trinajstić information content (AvgIpc) is 3.22. The van der Waals surface area contributed by atoms with Gasteiger partial charge in [-0.05, 0) is 29.7 Å². The number of nitrogens with zero attached hydrogens (tertiary/aromatic N) is 2. The van der Waals surface area contributed by atoms with Crippen LogP contribution in [0.3, 0.4) is 0 Å². The van der Waals surface area contributed by atoms with Crippen molar-refractivity contribution in [1.82, 2.24) is 20.4 Å². The van der Waals surface area contributed by atoms with E-state index < -0.39 is 6.04 Å². The maximum atomic E-state index is 12.6. The van der Waals surface area contributed by atoms with Crippen molar-refractivity contribution >= 4 is 11.8 Å². The molecule has 0 saturated heterocycles. The molecule has 0 spiro atoms. The summed E-state index contributed by atoms with van der Waals surface area (Å²) in [6.07, 6.45) is 2.79. The number of hydrogen-bond donors (Lipinski definition) is 2. The van der Waals surface area contributed by atoms with E-state index in [1.54, 1.807) is 0 Å². The minimum Gasteiger partial charge on any atom is -0.354 e. The number of carbonyl (C=O) groups excluding carboxylic acids is 2. The highest BCUT2D eigenvalue weighted by atomic mass is 16.2. The van der Waals surface area contributed by atoms with Crippen LogP contribution >= 0.6 is 0 Å². The van der Waals surface area contributed by atoms with Gasteiger partial charge in [0.2, 0.25) is 11.8 Å². The van der Waals surface area contributed by atoms with Crippen LogP contribution in [0.2, 0.25) is 0 Å². The zero-order chi connectivity index (χ0) is 21.3. The summed E-state index contributed by atoms with van der Waals surface area (Å²) in [4.78, 5) is 25.0. The van der Waals surface area contributed by atoms with Crippen LogP contribution in [0.1, 0.15) is 25.1 Å². The van der Waals surface area contributed by atoms with Crippen molar-refractivity contribution < 1.29 is 9.59 Å². The number of nitrogens with one attached hydrogen (secondary N) is 2. The number of carbonyl (C=O) groups is 2. The molecule has 2 amide bonds. The molecule has 1 atom stereocenters. The summed E-state index contributed by atoms with van der Waals surface area (Å²) >= 11 is 0. The molecule has 0 aliphatic carbocycles. The molecule has 2 aromatic carbocycles. The molecule has 156 valence electrons. The number of rotatable bonds is 9. The number of hydrogen-bond acceptors (Lipinski definition) is 3. The van der Waals surface area contributed by atoms with Crippen molar-refractivity contribution in [3.05, 3.63) is 84.2 Å². The Bertz CT molecular complexity index is 952. The minimum absolute atomic E-state index is 0.0120. The van der Waals surface area contributed by atoms with Gasteiger partial charge in [-0.2, -0.15) is 5.10 Å². The molecular weight excluding hydrogens is 376 g/mol. The largest absolute Gasteiger partial charge is 0.354 e. The molecule has 0 fully saturated rings. The van der Waals surface area contributed by atoms with Crippen molar-refractivity contribution in [3.8, 4) is 5.69 Å². The Morgan fingerprint density at radius 1 is 0.967 bits per heavy atom. The molecule has 2 N–H and O–H groups in total. The van der Waals surface area contributed by atoms with Crippen molar-refractivity contribution in [2.45, 2.75) is 32.7 Å². The summed E-state index contributed by atoms with van der Waals surface area (Å²) < 4.78 is 1.82. The lowest BCUT2D eigenvalue weighted by Crippen LogP contribution is -2.50. The first-order valence-electron chi connectivity index (χ1n) is 10.2. The monoisotopic (exact) mass is 404 g/mol. The zero-order valence-electron chi connectivity index (χ0n) is 17.4. The van der Waals surface area contributed by atoms with Crippen molar-refractivity contribution in [2.75, 3.05) is 6.54 Å². The fraction of sp³-hybridized carbons (Fsp3) is 0.292. The van der Waals surface area contributed by atoms with Crippen LogP contribution in [-0.4, -0.2) is 34.2 Å². The summed E-state index contributed by atoms with van der Waals surface area (Å²) in [5.41, 5.74) is 2.81. The molecule has 1 unspecified atom stereocenters. The van der Waals surface area contributed by atoms with Gasteiger partial charge in [-0.15, -0.1) is 0 Å². The van der Waals surface area contributed by atoms with Crippen LogP contribution < -0.4 is 10.6 Å². The van der Waals surface area contributed by atoms with Gasteiger partial charge in [0.25, 0.3) is 0 Å². The van der Waals surface area contributed by atoms with Gasteiger partial charge in [0.15, 0.2) is 0 Å². The lowest BCUT2D eigenvalue weighted by atomic mass is 10.0. The first-order valence-corrected chi connectivity index (χ1v) is 10.2. The highest BCUT2D eigenvalue weighted by Crippen LogP contribution is 2.08. The van der Waals surface area contributed by atoms with E-state index in [1.807, 2.05) is 91.5 Å². The maximum absolute atomic E-state index is 12.6. The second kappa shape index (κ2) is 10.4. The first kappa shape index (κ1) is 21.3. The van der Waals surface area contributed by atoms with Gasteiger partial charge >= 0.3 is 0 Å². The molecule has 6 heteroatoms. The Kier molecular flexibility index (Phi) is 7.38. The summed E-state index contributed by atoms with van der Waals surface area (Å²) in [5.74, 6) is -0.340. The Hall–Kier alpha value is -3.41. The molecule has 6 nitrogen and oxygen atoms in total. The van der Waals surface area contributed by atoms with E-state index in [0.29, 0.717) is 13.0 Å². The van der Waals surface area contributed by atoms with Crippen LogP contribution in [0.25, 0.3) is 5.69 Å².